The van der Waals surface area contributed by atoms with E-state index >= 15 is 0 Å². The topological polar surface area (TPSA) is 43.4 Å². The van der Waals surface area contributed by atoms with Gasteiger partial charge in [0.05, 0.1) is 0 Å². The van der Waals surface area contributed by atoms with E-state index in [9.17, 15) is 14.0 Å². The number of esters is 1. The molecule has 0 saturated heterocycles. The number of carbonyl (C=O) groups is 2. The summed E-state index contributed by atoms with van der Waals surface area (Å²) in [6.07, 6.45) is 5.73. The third kappa shape index (κ3) is 6.11. The molecule has 0 radical (unpaired) electrons. The highest BCUT2D eigenvalue weighted by molar-refractivity contribution is 6.06. The summed E-state index contributed by atoms with van der Waals surface area (Å²) in [7, 11) is 0. The first-order valence-electron chi connectivity index (χ1n) is 9.53. The molecule has 4 heteroatoms. The number of hydrogen-bond acceptors (Lipinski definition) is 3. The number of hydrogen-bond donors (Lipinski definition) is 0. The van der Waals surface area contributed by atoms with Gasteiger partial charge in [-0.1, -0.05) is 55.1 Å². The molecule has 0 aliphatic carbocycles. The first kappa shape index (κ1) is 20.9. The van der Waals surface area contributed by atoms with Crippen molar-refractivity contribution in [3.8, 4) is 5.75 Å². The summed E-state index contributed by atoms with van der Waals surface area (Å²) in [5.74, 6) is -0.459. The summed E-state index contributed by atoms with van der Waals surface area (Å²) in [6.45, 7) is 3.72. The van der Waals surface area contributed by atoms with Crippen molar-refractivity contribution in [3.63, 3.8) is 0 Å². The zero-order valence-corrected chi connectivity index (χ0v) is 16.4. The summed E-state index contributed by atoms with van der Waals surface area (Å²) < 4.78 is 18.3. The minimum atomic E-state index is -0.383. The maximum Gasteiger partial charge on any atom is 0.311 e. The Bertz CT molecular complexity index is 1050. The highest BCUT2D eigenvalue weighted by Crippen LogP contribution is 2.15. The van der Waals surface area contributed by atoms with Crippen LogP contribution in [0.4, 0.5) is 4.39 Å². The molecule has 30 heavy (non-hydrogen) atoms. The van der Waals surface area contributed by atoms with Gasteiger partial charge in [-0.2, -0.15) is 0 Å². The van der Waals surface area contributed by atoms with E-state index in [0.717, 1.165) is 16.7 Å². The average Bonchev–Trinajstić information content (AvgIpc) is 2.78. The number of benzene rings is 3. The van der Waals surface area contributed by atoms with Crippen molar-refractivity contribution in [2.75, 3.05) is 0 Å². The van der Waals surface area contributed by atoms with Gasteiger partial charge in [-0.15, -0.1) is 0 Å². The van der Waals surface area contributed by atoms with E-state index in [4.69, 9.17) is 4.74 Å². The molecule has 0 aliphatic heterocycles. The summed E-state index contributed by atoms with van der Waals surface area (Å²) in [4.78, 5) is 24.1. The minimum absolute atomic E-state index is 0.216. The third-order valence-electron chi connectivity index (χ3n) is 4.50. The van der Waals surface area contributed by atoms with Crippen LogP contribution in [0.5, 0.6) is 5.75 Å². The first-order chi connectivity index (χ1) is 14.5. The fraction of sp³-hybridized carbons (Fsp3) is 0.0769. The summed E-state index contributed by atoms with van der Waals surface area (Å²) in [5.41, 5.74) is 3.29. The Labute approximate surface area is 175 Å². The highest BCUT2D eigenvalue weighted by Gasteiger charge is 2.06. The molecule has 0 fully saturated rings. The lowest BCUT2D eigenvalue weighted by Gasteiger charge is -2.05. The highest BCUT2D eigenvalue weighted by atomic mass is 19.1. The number of allylic oxidation sites excluding steroid dienone is 1. The third-order valence-corrected chi connectivity index (χ3v) is 4.50. The predicted molar refractivity (Wildman–Crippen MR) is 117 cm³/mol. The van der Waals surface area contributed by atoms with Gasteiger partial charge in [0.25, 0.3) is 0 Å². The molecule has 0 aliphatic rings. The summed E-state index contributed by atoms with van der Waals surface area (Å²) in [5, 5.41) is 0. The van der Waals surface area contributed by atoms with Crippen LogP contribution < -0.4 is 4.74 Å². The molecular formula is C26H21FO3. The van der Waals surface area contributed by atoms with Crippen LogP contribution in [0, 0.1) is 5.82 Å². The van der Waals surface area contributed by atoms with Gasteiger partial charge in [-0.05, 0) is 65.6 Å². The Kier molecular flexibility index (Phi) is 7.06. The fourth-order valence-corrected chi connectivity index (χ4v) is 2.78. The molecule has 0 unspecified atom stereocenters. The van der Waals surface area contributed by atoms with E-state index in [1.165, 1.54) is 30.3 Å². The van der Waals surface area contributed by atoms with Crippen molar-refractivity contribution in [3.05, 3.63) is 114 Å². The van der Waals surface area contributed by atoms with Crippen molar-refractivity contribution < 1.29 is 18.7 Å². The molecule has 0 bridgehead atoms. The second-order valence-electron chi connectivity index (χ2n) is 6.69. The molecule has 3 aromatic rings. The van der Waals surface area contributed by atoms with Gasteiger partial charge in [-0.25, -0.2) is 4.39 Å². The number of ketones is 1. The van der Waals surface area contributed by atoms with Crippen LogP contribution in [0.25, 0.3) is 12.2 Å². The lowest BCUT2D eigenvalue weighted by molar-refractivity contribution is -0.134. The predicted octanol–water partition coefficient (Wildman–Crippen LogP) is 5.90. The van der Waals surface area contributed by atoms with Gasteiger partial charge in [0, 0.05) is 12.0 Å². The van der Waals surface area contributed by atoms with Crippen LogP contribution >= 0.6 is 0 Å². The number of carbonyl (C=O) groups excluding carboxylic acids is 2. The summed E-state index contributed by atoms with van der Waals surface area (Å²) >= 11 is 0. The fourth-order valence-electron chi connectivity index (χ4n) is 2.78. The Morgan fingerprint density at radius 1 is 0.867 bits per heavy atom. The maximum absolute atomic E-state index is 12.9. The Balaban J connectivity index is 1.50. The maximum atomic E-state index is 12.9. The van der Waals surface area contributed by atoms with Gasteiger partial charge in [0.15, 0.2) is 5.78 Å². The van der Waals surface area contributed by atoms with E-state index in [0.29, 0.717) is 17.7 Å². The second-order valence-corrected chi connectivity index (χ2v) is 6.69. The van der Waals surface area contributed by atoms with Gasteiger partial charge in [-0.3, -0.25) is 9.59 Å². The largest absolute Gasteiger partial charge is 0.427 e. The van der Waals surface area contributed by atoms with Crippen LogP contribution in [-0.2, 0) is 11.2 Å². The minimum Gasteiger partial charge on any atom is -0.427 e. The smallest absolute Gasteiger partial charge is 0.311 e. The zero-order valence-electron chi connectivity index (χ0n) is 16.4. The van der Waals surface area contributed by atoms with Crippen LogP contribution in [0.3, 0.4) is 0 Å². The van der Waals surface area contributed by atoms with Crippen molar-refractivity contribution in [1.82, 2.24) is 0 Å². The van der Waals surface area contributed by atoms with E-state index in [2.05, 4.69) is 6.58 Å². The van der Waals surface area contributed by atoms with Crippen LogP contribution in [-0.4, -0.2) is 11.8 Å². The van der Waals surface area contributed by atoms with Crippen LogP contribution in [0.2, 0.25) is 0 Å². The SMILES string of the molecule is C=Cc1ccc(CCC(=O)Oc2ccc(C=CC(=O)c3ccc(F)cc3)cc2)cc1. The van der Waals surface area contributed by atoms with Crippen LogP contribution in [0.1, 0.15) is 33.5 Å². The Morgan fingerprint density at radius 3 is 2.13 bits per heavy atom. The molecule has 3 nitrogen and oxygen atoms in total. The van der Waals surface area contributed by atoms with Gasteiger partial charge in [0.1, 0.15) is 11.6 Å². The van der Waals surface area contributed by atoms with Crippen LogP contribution in [0.15, 0.2) is 85.5 Å². The molecule has 0 heterocycles. The molecule has 0 atom stereocenters. The molecular weight excluding hydrogens is 379 g/mol. The molecule has 0 saturated carbocycles. The van der Waals surface area contributed by atoms with E-state index in [1.54, 1.807) is 36.4 Å². The lowest BCUT2D eigenvalue weighted by Crippen LogP contribution is -2.09. The lowest BCUT2D eigenvalue weighted by atomic mass is 10.1. The normalized spacial score (nSPS) is 10.7. The number of ether oxygens (including phenoxy) is 1. The quantitative estimate of drug-likeness (QED) is 0.205. The van der Waals surface area contributed by atoms with E-state index < -0.39 is 0 Å². The number of halogens is 1. The van der Waals surface area contributed by atoms with Gasteiger partial charge < -0.3 is 4.74 Å². The molecule has 0 N–H and O–H groups in total. The molecule has 0 spiro atoms. The average molecular weight is 400 g/mol. The van der Waals surface area contributed by atoms with Crippen molar-refractivity contribution in [2.24, 2.45) is 0 Å². The van der Waals surface area contributed by atoms with Gasteiger partial charge in [0.2, 0.25) is 0 Å². The molecule has 3 rings (SSSR count). The zero-order chi connectivity index (χ0) is 21.3. The van der Waals surface area contributed by atoms with E-state index in [-0.39, 0.29) is 24.0 Å². The standard InChI is InChI=1S/C26H21FO3/c1-2-19-3-5-20(6-4-19)10-18-26(29)30-24-15-7-21(8-16-24)9-17-25(28)22-11-13-23(27)14-12-22/h2-9,11-17H,1,10,18H2. The molecule has 150 valence electrons. The Morgan fingerprint density at radius 2 is 1.50 bits per heavy atom. The van der Waals surface area contributed by atoms with Crippen molar-refractivity contribution in [1.29, 1.82) is 0 Å². The number of aryl methyl sites for hydroxylation is 1. The van der Waals surface area contributed by atoms with Gasteiger partial charge >= 0.3 is 5.97 Å². The second kappa shape index (κ2) is 10.1. The van der Waals surface area contributed by atoms with Crippen molar-refractivity contribution in [2.45, 2.75) is 12.8 Å². The van der Waals surface area contributed by atoms with E-state index in [1.807, 2.05) is 24.3 Å². The molecule has 3 aromatic carbocycles. The number of rotatable bonds is 8. The Hall–Kier alpha value is -3.79. The first-order valence-corrected chi connectivity index (χ1v) is 9.53. The molecule has 0 aromatic heterocycles. The molecule has 0 amide bonds. The monoisotopic (exact) mass is 400 g/mol. The van der Waals surface area contributed by atoms with Crippen molar-refractivity contribution >= 4 is 23.9 Å². The summed E-state index contributed by atoms with van der Waals surface area (Å²) in [6, 6.07) is 20.1.